The smallest absolute Gasteiger partial charge is 0.154 e. The van der Waals surface area contributed by atoms with Crippen LogP contribution in [0.4, 0.5) is 0 Å². The van der Waals surface area contributed by atoms with Gasteiger partial charge in [-0.15, -0.1) is 0 Å². The number of benzene rings is 1. The zero-order valence-electron chi connectivity index (χ0n) is 10.6. The first-order chi connectivity index (χ1) is 8.46. The Morgan fingerprint density at radius 2 is 1.94 bits per heavy atom. The highest BCUT2D eigenvalue weighted by atomic mass is 32.2. The summed E-state index contributed by atoms with van der Waals surface area (Å²) in [5.74, 6) is 0.247. The summed E-state index contributed by atoms with van der Waals surface area (Å²) >= 11 is 4.93. The third-order valence-corrected chi connectivity index (χ3v) is 4.60. The molecule has 0 aromatic heterocycles. The monoisotopic (exact) mass is 285 g/mol. The molecule has 18 heavy (non-hydrogen) atoms. The Balaban J connectivity index is 2.81. The van der Waals surface area contributed by atoms with Crippen molar-refractivity contribution < 1.29 is 8.42 Å². The number of unbranched alkanes of at least 4 members (excludes halogenated alkanes) is 2. The molecule has 0 fully saturated rings. The number of hydrogen-bond donors (Lipinski definition) is 1. The number of thiocarbonyl (C=S) groups is 1. The Morgan fingerprint density at radius 1 is 1.28 bits per heavy atom. The highest BCUT2D eigenvalue weighted by molar-refractivity contribution is 7.90. The van der Waals surface area contributed by atoms with Gasteiger partial charge in [-0.2, -0.15) is 0 Å². The highest BCUT2D eigenvalue weighted by Gasteiger charge is 2.14. The molecule has 0 saturated heterocycles. The highest BCUT2D eigenvalue weighted by Crippen LogP contribution is 2.14. The van der Waals surface area contributed by atoms with Crippen LogP contribution < -0.4 is 5.73 Å². The molecule has 0 aliphatic carbocycles. The van der Waals surface area contributed by atoms with Crippen LogP contribution in [-0.4, -0.2) is 19.2 Å². The molecule has 0 aliphatic heterocycles. The zero-order valence-corrected chi connectivity index (χ0v) is 12.2. The molecule has 0 unspecified atom stereocenters. The van der Waals surface area contributed by atoms with Crippen molar-refractivity contribution in [2.45, 2.75) is 31.9 Å². The summed E-state index contributed by atoms with van der Waals surface area (Å²) in [5.41, 5.74) is 6.95. The van der Waals surface area contributed by atoms with Gasteiger partial charge in [0.05, 0.1) is 11.5 Å². The van der Waals surface area contributed by atoms with Crippen LogP contribution in [0.3, 0.4) is 0 Å². The Labute approximate surface area is 114 Å². The normalized spacial score (nSPS) is 11.4. The van der Waals surface area contributed by atoms with E-state index in [1.54, 1.807) is 18.2 Å². The summed E-state index contributed by atoms with van der Waals surface area (Å²) in [6.45, 7) is 2.05. The minimum Gasteiger partial charge on any atom is -0.389 e. The van der Waals surface area contributed by atoms with Crippen molar-refractivity contribution >= 4 is 27.0 Å². The second-order valence-electron chi connectivity index (χ2n) is 4.32. The van der Waals surface area contributed by atoms with Gasteiger partial charge in [0.25, 0.3) is 0 Å². The number of rotatable bonds is 7. The summed E-state index contributed by atoms with van der Waals surface area (Å²) in [4.78, 5) is 0.245. The molecule has 0 saturated carbocycles. The Kier molecular flexibility index (Phi) is 5.75. The van der Waals surface area contributed by atoms with Crippen molar-refractivity contribution in [1.82, 2.24) is 0 Å². The van der Waals surface area contributed by atoms with E-state index in [1.807, 2.05) is 6.07 Å². The Hall–Kier alpha value is -0.940. The van der Waals surface area contributed by atoms with Crippen LogP contribution in [0.1, 0.15) is 37.3 Å². The first-order valence-electron chi connectivity index (χ1n) is 6.04. The predicted molar refractivity (Wildman–Crippen MR) is 79.3 cm³/mol. The van der Waals surface area contributed by atoms with Crippen LogP contribution in [-0.2, 0) is 15.6 Å². The van der Waals surface area contributed by atoms with Gasteiger partial charge in [-0.25, -0.2) is 8.42 Å². The molecule has 0 radical (unpaired) electrons. The van der Waals surface area contributed by atoms with Gasteiger partial charge in [-0.1, -0.05) is 56.2 Å². The minimum absolute atomic E-state index is 0.0181. The van der Waals surface area contributed by atoms with Gasteiger partial charge in [-0.3, -0.25) is 0 Å². The number of hydrogen-bond acceptors (Lipinski definition) is 3. The van der Waals surface area contributed by atoms with Crippen LogP contribution in [0.5, 0.6) is 0 Å². The van der Waals surface area contributed by atoms with E-state index in [4.69, 9.17) is 18.0 Å². The molecule has 0 amide bonds. The van der Waals surface area contributed by atoms with Crippen molar-refractivity contribution in [1.29, 1.82) is 0 Å². The lowest BCUT2D eigenvalue weighted by Crippen LogP contribution is -2.16. The molecule has 1 aromatic rings. The molecule has 0 heterocycles. The lowest BCUT2D eigenvalue weighted by atomic mass is 10.1. The molecule has 1 rings (SSSR count). The van der Waals surface area contributed by atoms with Crippen LogP contribution in [0.2, 0.25) is 0 Å². The van der Waals surface area contributed by atoms with Crippen molar-refractivity contribution in [2.24, 2.45) is 5.73 Å². The summed E-state index contributed by atoms with van der Waals surface area (Å²) in [7, 11) is -3.08. The van der Waals surface area contributed by atoms with Gasteiger partial charge < -0.3 is 5.73 Å². The summed E-state index contributed by atoms with van der Waals surface area (Å²) in [5, 5.41) is 0. The van der Waals surface area contributed by atoms with Gasteiger partial charge in [0, 0.05) is 5.56 Å². The fourth-order valence-electron chi connectivity index (χ4n) is 1.77. The first kappa shape index (κ1) is 15.1. The standard InChI is InChI=1S/C13H19NO2S2/c1-2-3-6-9-18(15,16)10-11-7-4-5-8-12(11)13(14)17/h4-5,7-8H,2-3,6,9-10H2,1H3,(H2,14,17). The minimum atomic E-state index is -3.08. The van der Waals surface area contributed by atoms with E-state index in [2.05, 4.69) is 6.92 Å². The zero-order chi connectivity index (χ0) is 13.6. The second kappa shape index (κ2) is 6.85. The molecule has 1 aromatic carbocycles. The average Bonchev–Trinajstić information content (AvgIpc) is 2.29. The van der Waals surface area contributed by atoms with E-state index in [-0.39, 0.29) is 16.5 Å². The van der Waals surface area contributed by atoms with Gasteiger partial charge in [0.15, 0.2) is 9.84 Å². The van der Waals surface area contributed by atoms with Crippen molar-refractivity contribution in [3.8, 4) is 0 Å². The second-order valence-corrected chi connectivity index (χ2v) is 6.94. The molecule has 2 N–H and O–H groups in total. The maximum absolute atomic E-state index is 12.0. The van der Waals surface area contributed by atoms with E-state index in [1.165, 1.54) is 0 Å². The Morgan fingerprint density at radius 3 is 2.56 bits per heavy atom. The molecule has 0 bridgehead atoms. The van der Waals surface area contributed by atoms with Gasteiger partial charge in [-0.05, 0) is 12.0 Å². The van der Waals surface area contributed by atoms with Crippen molar-refractivity contribution in [2.75, 3.05) is 5.75 Å². The molecular weight excluding hydrogens is 266 g/mol. The Bertz CT molecular complexity index is 509. The van der Waals surface area contributed by atoms with Gasteiger partial charge >= 0.3 is 0 Å². The van der Waals surface area contributed by atoms with E-state index in [0.717, 1.165) is 12.8 Å². The third kappa shape index (κ3) is 4.74. The maximum Gasteiger partial charge on any atom is 0.154 e. The number of sulfone groups is 1. The van der Waals surface area contributed by atoms with E-state index < -0.39 is 9.84 Å². The molecule has 100 valence electrons. The largest absolute Gasteiger partial charge is 0.389 e. The van der Waals surface area contributed by atoms with Gasteiger partial charge in [0.2, 0.25) is 0 Å². The summed E-state index contributed by atoms with van der Waals surface area (Å²) in [6, 6.07) is 7.14. The maximum atomic E-state index is 12.0. The summed E-state index contributed by atoms with van der Waals surface area (Å²) in [6.07, 6.45) is 2.67. The SMILES string of the molecule is CCCCCS(=O)(=O)Cc1ccccc1C(N)=S. The van der Waals surface area contributed by atoms with E-state index in [0.29, 0.717) is 17.5 Å². The molecule has 0 aliphatic rings. The van der Waals surface area contributed by atoms with Crippen molar-refractivity contribution in [3.63, 3.8) is 0 Å². The van der Waals surface area contributed by atoms with Crippen LogP contribution in [0, 0.1) is 0 Å². The van der Waals surface area contributed by atoms with Crippen LogP contribution in [0.15, 0.2) is 24.3 Å². The lowest BCUT2D eigenvalue weighted by molar-refractivity contribution is 0.590. The van der Waals surface area contributed by atoms with Crippen LogP contribution in [0.25, 0.3) is 0 Å². The molecular formula is C13H19NO2S2. The molecule has 5 heteroatoms. The predicted octanol–water partition coefficient (Wildman–Crippen LogP) is 2.43. The quantitative estimate of drug-likeness (QED) is 0.617. The van der Waals surface area contributed by atoms with Gasteiger partial charge in [0.1, 0.15) is 4.99 Å². The average molecular weight is 285 g/mol. The number of nitrogens with two attached hydrogens (primary N) is 1. The van der Waals surface area contributed by atoms with Crippen molar-refractivity contribution in [3.05, 3.63) is 35.4 Å². The van der Waals surface area contributed by atoms with E-state index in [9.17, 15) is 8.42 Å². The fourth-order valence-corrected chi connectivity index (χ4v) is 3.48. The summed E-state index contributed by atoms with van der Waals surface area (Å²) < 4.78 is 23.9. The topological polar surface area (TPSA) is 60.2 Å². The molecule has 0 atom stereocenters. The molecule has 3 nitrogen and oxygen atoms in total. The first-order valence-corrected chi connectivity index (χ1v) is 8.27. The van der Waals surface area contributed by atoms with Crippen LogP contribution >= 0.6 is 12.2 Å². The fraction of sp³-hybridized carbons (Fsp3) is 0.462. The lowest BCUT2D eigenvalue weighted by Gasteiger charge is -2.08. The third-order valence-electron chi connectivity index (χ3n) is 2.72. The molecule has 0 spiro atoms. The van der Waals surface area contributed by atoms with E-state index >= 15 is 0 Å².